The summed E-state index contributed by atoms with van der Waals surface area (Å²) >= 11 is 0. The number of sulfonamides is 1. The Labute approximate surface area is 167 Å². The number of ether oxygens (including phenoxy) is 1. The molecule has 9 heteroatoms. The molecule has 1 fully saturated rings. The molecule has 4 N–H and O–H groups in total. The van der Waals surface area contributed by atoms with Crippen LogP contribution in [-0.2, 0) is 14.8 Å². The summed E-state index contributed by atoms with van der Waals surface area (Å²) in [5.41, 5.74) is 5.89. The highest BCUT2D eigenvalue weighted by molar-refractivity contribution is 7.89. The first-order chi connectivity index (χ1) is 12.2. The van der Waals surface area contributed by atoms with Crippen molar-refractivity contribution in [2.24, 2.45) is 11.7 Å². The average Bonchev–Trinajstić information content (AvgIpc) is 2.61. The molecule has 0 aliphatic heterocycles. The summed E-state index contributed by atoms with van der Waals surface area (Å²) in [5.74, 6) is 0.0871. The van der Waals surface area contributed by atoms with Crippen molar-refractivity contribution in [2.45, 2.75) is 62.6 Å². The number of hydrogen-bond acceptors (Lipinski definition) is 5. The van der Waals surface area contributed by atoms with Gasteiger partial charge in [-0.1, -0.05) is 13.8 Å². The van der Waals surface area contributed by atoms with E-state index in [9.17, 15) is 13.2 Å². The molecule has 1 aromatic carbocycles. The van der Waals surface area contributed by atoms with E-state index in [2.05, 4.69) is 10.0 Å². The van der Waals surface area contributed by atoms with Crippen molar-refractivity contribution in [1.82, 2.24) is 10.0 Å². The minimum atomic E-state index is -3.81. The van der Waals surface area contributed by atoms with Gasteiger partial charge >= 0.3 is 0 Å². The number of nitrogens with one attached hydrogen (secondary N) is 2. The van der Waals surface area contributed by atoms with Crippen molar-refractivity contribution in [3.05, 3.63) is 24.3 Å². The summed E-state index contributed by atoms with van der Waals surface area (Å²) in [5, 5.41) is 2.97. The second-order valence-corrected chi connectivity index (χ2v) is 8.85. The lowest BCUT2D eigenvalue weighted by Crippen LogP contribution is -2.52. The Morgan fingerprint density at radius 1 is 1.15 bits per heavy atom. The van der Waals surface area contributed by atoms with Crippen LogP contribution in [-0.4, -0.2) is 39.6 Å². The van der Waals surface area contributed by atoms with E-state index in [0.717, 1.165) is 25.7 Å². The molecule has 0 heterocycles. The molecule has 0 spiro atoms. The number of nitrogens with two attached hydrogens (primary N) is 1. The lowest BCUT2D eigenvalue weighted by atomic mass is 9.91. The number of rotatable bonds is 7. The van der Waals surface area contributed by atoms with Gasteiger partial charge in [-0.25, -0.2) is 8.42 Å². The van der Waals surface area contributed by atoms with E-state index in [-0.39, 0.29) is 41.2 Å². The molecule has 1 atom stereocenters. The Hall–Kier alpha value is -1.35. The van der Waals surface area contributed by atoms with E-state index in [0.29, 0.717) is 5.75 Å². The molecule has 154 valence electrons. The van der Waals surface area contributed by atoms with Gasteiger partial charge in [0.2, 0.25) is 15.9 Å². The van der Waals surface area contributed by atoms with Crippen molar-refractivity contribution in [2.75, 3.05) is 7.11 Å². The van der Waals surface area contributed by atoms with E-state index in [1.807, 2.05) is 13.8 Å². The Balaban J connectivity index is 0.00000364. The van der Waals surface area contributed by atoms with Crippen LogP contribution < -0.4 is 20.5 Å². The number of halogens is 1. The summed E-state index contributed by atoms with van der Waals surface area (Å²) in [6, 6.07) is 5.47. The standard InChI is InChI=1S/C18H29N3O4S.ClH/c1-12(2)17(18(22)20-14-6-4-13(19)5-7-14)21-26(23,24)16-10-8-15(25-3)9-11-16;/h8-14,17,21H,4-7,19H2,1-3H3,(H,20,22);1H. The number of hydrogen-bond donors (Lipinski definition) is 3. The predicted octanol–water partition coefficient (Wildman–Crippen LogP) is 1.81. The molecular weight excluding hydrogens is 390 g/mol. The summed E-state index contributed by atoms with van der Waals surface area (Å²) in [4.78, 5) is 12.8. The second kappa shape index (κ2) is 10.3. The van der Waals surface area contributed by atoms with E-state index >= 15 is 0 Å². The van der Waals surface area contributed by atoms with Crippen LogP contribution in [0.25, 0.3) is 0 Å². The summed E-state index contributed by atoms with van der Waals surface area (Å²) in [6.45, 7) is 3.63. The molecule has 1 aliphatic rings. The Morgan fingerprint density at radius 3 is 2.19 bits per heavy atom. The summed E-state index contributed by atoms with van der Waals surface area (Å²) < 4.78 is 32.9. The zero-order chi connectivity index (χ0) is 19.3. The molecule has 7 nitrogen and oxygen atoms in total. The van der Waals surface area contributed by atoms with Crippen LogP contribution in [0.3, 0.4) is 0 Å². The first-order valence-corrected chi connectivity index (χ1v) is 10.4. The molecule has 27 heavy (non-hydrogen) atoms. The zero-order valence-corrected chi connectivity index (χ0v) is 17.6. The van der Waals surface area contributed by atoms with Gasteiger partial charge < -0.3 is 15.8 Å². The average molecular weight is 420 g/mol. The maximum atomic E-state index is 12.7. The zero-order valence-electron chi connectivity index (χ0n) is 16.0. The first kappa shape index (κ1) is 23.7. The third kappa shape index (κ3) is 6.64. The van der Waals surface area contributed by atoms with Gasteiger partial charge in [-0.3, -0.25) is 4.79 Å². The summed E-state index contributed by atoms with van der Waals surface area (Å²) in [7, 11) is -2.30. The highest BCUT2D eigenvalue weighted by Gasteiger charge is 2.30. The quantitative estimate of drug-likeness (QED) is 0.624. The van der Waals surface area contributed by atoms with Crippen molar-refractivity contribution in [3.8, 4) is 5.75 Å². The van der Waals surface area contributed by atoms with Gasteiger partial charge in [0.1, 0.15) is 11.8 Å². The highest BCUT2D eigenvalue weighted by atomic mass is 35.5. The van der Waals surface area contributed by atoms with E-state index in [1.54, 1.807) is 12.1 Å². The second-order valence-electron chi connectivity index (χ2n) is 7.14. The molecule has 0 bridgehead atoms. The number of benzene rings is 1. The molecule has 0 saturated heterocycles. The minimum Gasteiger partial charge on any atom is -0.497 e. The molecular formula is C18H30ClN3O4S. The van der Waals surface area contributed by atoms with Crippen LogP contribution in [0.5, 0.6) is 5.75 Å². The number of carbonyl (C=O) groups excluding carboxylic acids is 1. The van der Waals surface area contributed by atoms with Crippen LogP contribution in [0.1, 0.15) is 39.5 Å². The fourth-order valence-electron chi connectivity index (χ4n) is 3.04. The molecule has 1 aromatic rings. The van der Waals surface area contributed by atoms with Gasteiger partial charge in [0.15, 0.2) is 0 Å². The van der Waals surface area contributed by atoms with Gasteiger partial charge in [0.25, 0.3) is 0 Å². The Morgan fingerprint density at radius 2 is 1.70 bits per heavy atom. The van der Waals surface area contributed by atoms with Gasteiger partial charge in [-0.05, 0) is 55.9 Å². The summed E-state index contributed by atoms with van der Waals surface area (Å²) in [6.07, 6.45) is 3.38. The van der Waals surface area contributed by atoms with Crippen LogP contribution in [0.2, 0.25) is 0 Å². The lowest BCUT2D eigenvalue weighted by molar-refractivity contribution is -0.124. The maximum Gasteiger partial charge on any atom is 0.241 e. The van der Waals surface area contributed by atoms with E-state index in [1.165, 1.54) is 19.2 Å². The Bertz CT molecular complexity index is 702. The van der Waals surface area contributed by atoms with Gasteiger partial charge in [0, 0.05) is 12.1 Å². The van der Waals surface area contributed by atoms with Crippen molar-refractivity contribution < 1.29 is 17.9 Å². The van der Waals surface area contributed by atoms with Gasteiger partial charge in [-0.2, -0.15) is 4.72 Å². The van der Waals surface area contributed by atoms with E-state index in [4.69, 9.17) is 10.5 Å². The molecule has 2 rings (SSSR count). The molecule has 1 amide bonds. The fourth-order valence-corrected chi connectivity index (χ4v) is 4.38. The van der Waals surface area contributed by atoms with E-state index < -0.39 is 16.1 Å². The van der Waals surface area contributed by atoms with Crippen molar-refractivity contribution in [3.63, 3.8) is 0 Å². The predicted molar refractivity (Wildman–Crippen MR) is 108 cm³/mol. The van der Waals surface area contributed by atoms with Gasteiger partial charge in [0.05, 0.1) is 12.0 Å². The van der Waals surface area contributed by atoms with Crippen LogP contribution >= 0.6 is 12.4 Å². The number of methoxy groups -OCH3 is 1. The number of carbonyl (C=O) groups is 1. The minimum absolute atomic E-state index is 0. The third-order valence-electron chi connectivity index (χ3n) is 4.72. The monoisotopic (exact) mass is 419 g/mol. The maximum absolute atomic E-state index is 12.7. The third-order valence-corrected chi connectivity index (χ3v) is 6.18. The normalized spacial score (nSPS) is 21.2. The Kier molecular flexibility index (Phi) is 9.01. The lowest BCUT2D eigenvalue weighted by Gasteiger charge is -2.29. The molecule has 1 saturated carbocycles. The fraction of sp³-hybridized carbons (Fsp3) is 0.611. The topological polar surface area (TPSA) is 111 Å². The SMILES string of the molecule is COc1ccc(S(=O)(=O)NC(C(=O)NC2CCC(N)CC2)C(C)C)cc1.Cl. The molecule has 0 aromatic heterocycles. The van der Waals surface area contributed by atoms with Crippen LogP contribution in [0.15, 0.2) is 29.2 Å². The first-order valence-electron chi connectivity index (χ1n) is 8.95. The number of amides is 1. The largest absolute Gasteiger partial charge is 0.497 e. The van der Waals surface area contributed by atoms with Crippen LogP contribution in [0.4, 0.5) is 0 Å². The molecule has 0 radical (unpaired) electrons. The van der Waals surface area contributed by atoms with Crippen molar-refractivity contribution in [1.29, 1.82) is 0 Å². The smallest absolute Gasteiger partial charge is 0.241 e. The molecule has 1 aliphatic carbocycles. The highest BCUT2D eigenvalue weighted by Crippen LogP contribution is 2.19. The van der Waals surface area contributed by atoms with Crippen molar-refractivity contribution >= 4 is 28.3 Å². The van der Waals surface area contributed by atoms with Crippen LogP contribution in [0, 0.1) is 5.92 Å². The van der Waals surface area contributed by atoms with Gasteiger partial charge in [-0.15, -0.1) is 12.4 Å². The molecule has 1 unspecified atom stereocenters.